The van der Waals surface area contributed by atoms with Crippen LogP contribution in [0.25, 0.3) is 10.8 Å². The fourth-order valence-electron chi connectivity index (χ4n) is 13.3. The molecule has 67 heavy (non-hydrogen) atoms. The second kappa shape index (κ2) is 20.2. The van der Waals surface area contributed by atoms with E-state index < -0.39 is 0 Å². The zero-order chi connectivity index (χ0) is 46.4. The van der Waals surface area contributed by atoms with Gasteiger partial charge in [0.25, 0.3) is 0 Å². The fraction of sp³-hybridized carbons (Fsp3) is 0.429. The quantitative estimate of drug-likeness (QED) is 0.0651. The van der Waals surface area contributed by atoms with E-state index in [1.165, 1.54) is 16.3 Å². The number of benzene rings is 5. The van der Waals surface area contributed by atoms with Crippen molar-refractivity contribution in [1.82, 2.24) is 16.0 Å². The summed E-state index contributed by atoms with van der Waals surface area (Å²) >= 11 is 0. The Bertz CT molecular complexity index is 2500. The van der Waals surface area contributed by atoms with E-state index in [1.54, 1.807) is 0 Å². The highest BCUT2D eigenvalue weighted by molar-refractivity contribution is 5.91. The van der Waals surface area contributed by atoms with Crippen molar-refractivity contribution in [1.29, 1.82) is 0 Å². The zero-order valence-electron chi connectivity index (χ0n) is 38.8. The van der Waals surface area contributed by atoms with Gasteiger partial charge in [0.15, 0.2) is 0 Å². The molecule has 11 nitrogen and oxygen atoms in total. The number of esters is 1. The first-order chi connectivity index (χ1) is 32.6. The van der Waals surface area contributed by atoms with Crippen molar-refractivity contribution in [2.45, 2.75) is 103 Å². The maximum atomic E-state index is 14.1. The molecule has 0 aromatic heterocycles. The van der Waals surface area contributed by atoms with E-state index >= 15 is 0 Å². The average molecular weight is 903 g/mol. The van der Waals surface area contributed by atoms with Crippen LogP contribution in [-0.2, 0) is 16.0 Å². The van der Waals surface area contributed by atoms with Gasteiger partial charge >= 0.3 is 24.1 Å². The van der Waals surface area contributed by atoms with E-state index in [4.69, 9.17) is 4.74 Å². The van der Waals surface area contributed by atoms with Crippen molar-refractivity contribution >= 4 is 51.9 Å². The molecule has 5 aromatic carbocycles. The van der Waals surface area contributed by atoms with Gasteiger partial charge in [-0.15, -0.1) is 0 Å². The highest BCUT2D eigenvalue weighted by Crippen LogP contribution is 2.68. The number of amides is 6. The second-order valence-corrected chi connectivity index (χ2v) is 20.1. The molecule has 0 bridgehead atoms. The van der Waals surface area contributed by atoms with Crippen LogP contribution in [0.2, 0.25) is 0 Å². The lowest BCUT2D eigenvalue weighted by molar-refractivity contribution is -0.144. The summed E-state index contributed by atoms with van der Waals surface area (Å²) in [6.45, 7) is 5.16. The van der Waals surface area contributed by atoms with Gasteiger partial charge in [0.1, 0.15) is 0 Å². The Morgan fingerprint density at radius 1 is 0.612 bits per heavy atom. The molecule has 350 valence electrons. The molecule has 6 N–H and O–H groups in total. The highest BCUT2D eigenvalue weighted by atomic mass is 16.5. The molecule has 0 saturated heterocycles. The molecular formula is C56H66N6O5. The van der Waals surface area contributed by atoms with Gasteiger partial charge in [-0.2, -0.15) is 0 Å². The summed E-state index contributed by atoms with van der Waals surface area (Å²) in [4.78, 5) is 54.7. The summed E-state index contributed by atoms with van der Waals surface area (Å²) in [5.74, 6) is 0.858. The van der Waals surface area contributed by atoms with Gasteiger partial charge in [0.05, 0.1) is 6.61 Å². The van der Waals surface area contributed by atoms with Crippen molar-refractivity contribution in [3.8, 4) is 0 Å². The smallest absolute Gasteiger partial charge is 0.319 e. The lowest BCUT2D eigenvalue weighted by Crippen LogP contribution is -2.67. The number of ether oxygens (including phenoxy) is 1. The van der Waals surface area contributed by atoms with Crippen LogP contribution in [0.3, 0.4) is 0 Å². The van der Waals surface area contributed by atoms with Crippen molar-refractivity contribution in [2.24, 2.45) is 40.4 Å². The minimum Gasteiger partial charge on any atom is -0.465 e. The molecule has 3 unspecified atom stereocenters. The van der Waals surface area contributed by atoms with Crippen LogP contribution in [0.15, 0.2) is 133 Å². The standard InChI is InChI=1S/C56H66N6O5/c1-55-32-30-44(60-52(64)57-41-20-6-3-7-21-41)34-40(55)35-48(61-53(65)58-42-22-8-4-9-23-42)51-46-29-28-39(56(46,2)49(36-47(51)55)62-54(66)59-43-24-10-5-11-25-43)19-15-27-50(63)67-33-31-38-18-14-17-37-16-12-13-26-45(37)38/h3-14,16-18,20-26,39-40,44,46-49,51H,15,19,27-36H2,1-2H3,(H2,57,60,64)(H2,58,61,65)(H2,59,62,66)/t39-,40-,44?,46-,47-,48?,49?,51-,55-,56+/m0/s1. The molecule has 4 fully saturated rings. The van der Waals surface area contributed by atoms with Gasteiger partial charge in [0, 0.05) is 48.0 Å². The third kappa shape index (κ3) is 10.2. The Kier molecular flexibility index (Phi) is 13.8. The number of rotatable bonds is 13. The molecule has 10 atom stereocenters. The Morgan fingerprint density at radius 3 is 1.88 bits per heavy atom. The Morgan fingerprint density at radius 2 is 1.21 bits per heavy atom. The summed E-state index contributed by atoms with van der Waals surface area (Å²) < 4.78 is 5.83. The van der Waals surface area contributed by atoms with Crippen LogP contribution in [0, 0.1) is 40.4 Å². The topological polar surface area (TPSA) is 150 Å². The van der Waals surface area contributed by atoms with E-state index in [1.807, 2.05) is 103 Å². The molecule has 5 aromatic rings. The maximum Gasteiger partial charge on any atom is 0.319 e. The van der Waals surface area contributed by atoms with Crippen LogP contribution in [-0.4, -0.2) is 48.8 Å². The molecule has 4 aliphatic carbocycles. The van der Waals surface area contributed by atoms with Crippen LogP contribution in [0.5, 0.6) is 0 Å². The van der Waals surface area contributed by atoms with Gasteiger partial charge in [0.2, 0.25) is 0 Å². The van der Waals surface area contributed by atoms with Gasteiger partial charge in [-0.05, 0) is 151 Å². The van der Waals surface area contributed by atoms with E-state index in [9.17, 15) is 19.2 Å². The number of hydrogen-bond acceptors (Lipinski definition) is 5. The third-order valence-electron chi connectivity index (χ3n) is 16.6. The molecule has 11 heteroatoms. The number of carbonyl (C=O) groups excluding carboxylic acids is 4. The summed E-state index contributed by atoms with van der Waals surface area (Å²) in [5, 5.41) is 22.0. The third-order valence-corrected chi connectivity index (χ3v) is 16.6. The van der Waals surface area contributed by atoms with Crippen molar-refractivity contribution in [2.75, 3.05) is 22.6 Å². The Balaban J connectivity index is 0.941. The predicted molar refractivity (Wildman–Crippen MR) is 266 cm³/mol. The molecular weight excluding hydrogens is 837 g/mol. The number of hydrogen-bond donors (Lipinski definition) is 6. The van der Waals surface area contributed by atoms with Crippen LogP contribution in [0.4, 0.5) is 31.4 Å². The molecule has 6 amide bonds. The first kappa shape index (κ1) is 45.8. The molecule has 4 aliphatic rings. The Hall–Kier alpha value is -6.36. The first-order valence-corrected chi connectivity index (χ1v) is 24.6. The van der Waals surface area contributed by atoms with E-state index in [0.29, 0.717) is 25.9 Å². The lowest BCUT2D eigenvalue weighted by Gasteiger charge is -2.65. The summed E-state index contributed by atoms with van der Waals surface area (Å²) in [7, 11) is 0. The zero-order valence-corrected chi connectivity index (χ0v) is 38.8. The van der Waals surface area contributed by atoms with E-state index in [2.05, 4.69) is 76.1 Å². The van der Waals surface area contributed by atoms with Gasteiger partial charge in [-0.3, -0.25) is 4.79 Å². The van der Waals surface area contributed by atoms with Crippen LogP contribution in [0.1, 0.15) is 83.6 Å². The van der Waals surface area contributed by atoms with E-state index in [0.717, 1.165) is 68.4 Å². The molecule has 9 rings (SSSR count). The van der Waals surface area contributed by atoms with Crippen molar-refractivity contribution < 1.29 is 23.9 Å². The summed E-state index contributed by atoms with van der Waals surface area (Å²) in [6, 6.07) is 42.3. The summed E-state index contributed by atoms with van der Waals surface area (Å²) in [6.07, 6.45) is 8.63. The predicted octanol–water partition coefficient (Wildman–Crippen LogP) is 11.5. The molecule has 0 heterocycles. The average Bonchev–Trinajstić information content (AvgIpc) is 3.67. The Labute approximate surface area is 395 Å². The van der Waals surface area contributed by atoms with Crippen molar-refractivity contribution in [3.63, 3.8) is 0 Å². The maximum absolute atomic E-state index is 14.1. The fourth-order valence-corrected chi connectivity index (χ4v) is 13.3. The van der Waals surface area contributed by atoms with Crippen LogP contribution < -0.4 is 31.9 Å². The number of urea groups is 3. The number of carbonyl (C=O) groups is 4. The number of nitrogens with one attached hydrogen (secondary N) is 6. The van der Waals surface area contributed by atoms with Gasteiger partial charge in [-0.1, -0.05) is 111 Å². The van der Waals surface area contributed by atoms with E-state index in [-0.39, 0.29) is 82.6 Å². The molecule has 0 aliphatic heterocycles. The van der Waals surface area contributed by atoms with Gasteiger partial charge in [-0.25, -0.2) is 14.4 Å². The monoisotopic (exact) mass is 903 g/mol. The minimum absolute atomic E-state index is 0.0164. The molecule has 0 spiro atoms. The largest absolute Gasteiger partial charge is 0.465 e. The summed E-state index contributed by atoms with van der Waals surface area (Å²) in [5.41, 5.74) is 3.00. The van der Waals surface area contributed by atoms with Crippen molar-refractivity contribution in [3.05, 3.63) is 139 Å². The SMILES string of the molecule is C[C@]12CCC(NC(=O)Nc3ccccc3)C[C@H]1CC(NC(=O)Nc1ccccc1)[C@@H]1[C@@H]2CC(NC(=O)Nc2ccccc2)[C@]2(C)[C@@H](CCCC(=O)OCCc3cccc4ccccc34)CC[C@@H]12. The molecule has 4 saturated carbocycles. The minimum atomic E-state index is -0.305. The lowest BCUT2D eigenvalue weighted by atomic mass is 9.42. The van der Waals surface area contributed by atoms with Gasteiger partial charge < -0.3 is 36.6 Å². The highest BCUT2D eigenvalue weighted by Gasteiger charge is 2.66. The number of fused-ring (bicyclic) bond motifs is 6. The molecule has 0 radical (unpaired) electrons. The first-order valence-electron chi connectivity index (χ1n) is 24.6. The normalized spacial score (nSPS) is 28.4. The number of anilines is 3. The number of para-hydroxylation sites is 3. The van der Waals surface area contributed by atoms with Crippen LogP contribution >= 0.6 is 0 Å². The second-order valence-electron chi connectivity index (χ2n) is 20.1.